The molecule has 0 aliphatic rings. The van der Waals surface area contributed by atoms with Crippen LogP contribution in [-0.2, 0) is 0 Å². The molecule has 2 rings (SSSR count). The Morgan fingerprint density at radius 2 is 2.10 bits per heavy atom. The number of hydrogen-bond acceptors (Lipinski definition) is 2. The predicted molar refractivity (Wildman–Crippen MR) is 87.5 cm³/mol. The summed E-state index contributed by atoms with van der Waals surface area (Å²) in [6.45, 7) is 6.97. The summed E-state index contributed by atoms with van der Waals surface area (Å²) in [5.74, 6) is -0.244. The summed E-state index contributed by atoms with van der Waals surface area (Å²) in [5, 5.41) is 0.545. The summed E-state index contributed by atoms with van der Waals surface area (Å²) in [5.41, 5.74) is 0. The summed E-state index contributed by atoms with van der Waals surface area (Å²) in [6, 6.07) is 6.82. The van der Waals surface area contributed by atoms with E-state index in [1.807, 2.05) is 24.8 Å². The van der Waals surface area contributed by atoms with Gasteiger partial charge in [-0.3, -0.25) is 4.79 Å². The van der Waals surface area contributed by atoms with Gasteiger partial charge in [0, 0.05) is 22.7 Å². The van der Waals surface area contributed by atoms with Crippen molar-refractivity contribution >= 4 is 27.3 Å². The van der Waals surface area contributed by atoms with Crippen molar-refractivity contribution in [2.24, 2.45) is 0 Å². The lowest BCUT2D eigenvalue weighted by Gasteiger charge is -2.26. The molecule has 0 aliphatic carbocycles. The molecule has 1 aromatic heterocycles. The number of carbonyl (C=O) groups is 1. The van der Waals surface area contributed by atoms with Gasteiger partial charge in [0.1, 0.15) is 5.82 Å². The van der Waals surface area contributed by atoms with Crippen molar-refractivity contribution in [1.29, 1.82) is 0 Å². The van der Waals surface area contributed by atoms with Crippen molar-refractivity contribution in [1.82, 2.24) is 4.90 Å². The fraction of sp³-hybridized carbons (Fsp3) is 0.471. The Balaban J connectivity index is 2.24. The van der Waals surface area contributed by atoms with E-state index in [1.54, 1.807) is 12.1 Å². The second-order valence-electron chi connectivity index (χ2n) is 5.56. The summed E-state index contributed by atoms with van der Waals surface area (Å²) < 4.78 is 14.6. The molecule has 0 aliphatic heterocycles. The summed E-state index contributed by atoms with van der Waals surface area (Å²) in [7, 11) is 0. The Labute approximate surface area is 129 Å². The summed E-state index contributed by atoms with van der Waals surface area (Å²) in [6.07, 6.45) is 3.27. The van der Waals surface area contributed by atoms with Crippen LogP contribution in [0.1, 0.15) is 49.7 Å². The van der Waals surface area contributed by atoms with Gasteiger partial charge in [-0.15, -0.1) is 11.3 Å². The SMILES string of the molecule is CCCCCN(C(=O)c1cc2c(F)cccc2s1)C(C)C. The molecule has 2 aromatic rings. The number of unbranched alkanes of at least 4 members (excludes halogenated alkanes) is 2. The number of benzene rings is 1. The first kappa shape index (κ1) is 16.0. The summed E-state index contributed by atoms with van der Waals surface area (Å²) in [4.78, 5) is 15.2. The first-order valence-corrected chi connectivity index (χ1v) is 8.35. The van der Waals surface area contributed by atoms with Crippen LogP contribution in [0.25, 0.3) is 10.1 Å². The van der Waals surface area contributed by atoms with Crippen LogP contribution in [0, 0.1) is 5.82 Å². The van der Waals surface area contributed by atoms with E-state index in [1.165, 1.54) is 17.4 Å². The monoisotopic (exact) mass is 307 g/mol. The Bertz CT molecular complexity index is 620. The zero-order valence-corrected chi connectivity index (χ0v) is 13.7. The second-order valence-corrected chi connectivity index (χ2v) is 6.65. The van der Waals surface area contributed by atoms with Crippen molar-refractivity contribution in [3.05, 3.63) is 35.0 Å². The second kappa shape index (κ2) is 7.03. The molecule has 0 unspecified atom stereocenters. The van der Waals surface area contributed by atoms with Crippen molar-refractivity contribution in [2.75, 3.05) is 6.54 Å². The van der Waals surface area contributed by atoms with Crippen molar-refractivity contribution in [3.8, 4) is 0 Å². The number of nitrogens with zero attached hydrogens (tertiary/aromatic N) is 1. The van der Waals surface area contributed by atoms with E-state index < -0.39 is 0 Å². The molecule has 0 atom stereocenters. The highest BCUT2D eigenvalue weighted by molar-refractivity contribution is 7.20. The van der Waals surface area contributed by atoms with Crippen LogP contribution < -0.4 is 0 Å². The zero-order valence-electron chi connectivity index (χ0n) is 12.9. The number of carbonyl (C=O) groups excluding carboxylic acids is 1. The molecule has 0 radical (unpaired) electrons. The minimum atomic E-state index is -0.259. The van der Waals surface area contributed by atoms with Gasteiger partial charge in [0.05, 0.1) is 4.88 Å². The van der Waals surface area contributed by atoms with Crippen LogP contribution in [0.5, 0.6) is 0 Å². The molecule has 0 saturated carbocycles. The minimum Gasteiger partial charge on any atom is -0.336 e. The molecule has 0 bridgehead atoms. The van der Waals surface area contributed by atoms with Crippen LogP contribution >= 0.6 is 11.3 Å². The maximum atomic E-state index is 13.8. The third kappa shape index (κ3) is 3.62. The van der Waals surface area contributed by atoms with Crippen LogP contribution in [0.3, 0.4) is 0 Å². The molecule has 1 heterocycles. The lowest BCUT2D eigenvalue weighted by Crippen LogP contribution is -2.37. The fourth-order valence-electron chi connectivity index (χ4n) is 2.40. The van der Waals surface area contributed by atoms with Gasteiger partial charge in [-0.1, -0.05) is 25.8 Å². The topological polar surface area (TPSA) is 20.3 Å². The highest BCUT2D eigenvalue weighted by atomic mass is 32.1. The molecule has 4 heteroatoms. The van der Waals surface area contributed by atoms with Gasteiger partial charge in [-0.05, 0) is 38.5 Å². The van der Waals surface area contributed by atoms with Crippen LogP contribution in [-0.4, -0.2) is 23.4 Å². The standard InChI is InChI=1S/C17H22FNOS/c1-4-5-6-10-19(12(2)3)17(20)16-11-13-14(18)8-7-9-15(13)21-16/h7-9,11-12H,4-6,10H2,1-3H3. The number of hydrogen-bond donors (Lipinski definition) is 0. The first-order valence-electron chi connectivity index (χ1n) is 7.53. The molecule has 114 valence electrons. The van der Waals surface area contributed by atoms with Gasteiger partial charge < -0.3 is 4.90 Å². The molecular weight excluding hydrogens is 285 g/mol. The Morgan fingerprint density at radius 3 is 2.71 bits per heavy atom. The molecule has 2 nitrogen and oxygen atoms in total. The molecule has 21 heavy (non-hydrogen) atoms. The molecule has 0 spiro atoms. The highest BCUT2D eigenvalue weighted by Gasteiger charge is 2.21. The maximum Gasteiger partial charge on any atom is 0.264 e. The molecule has 0 fully saturated rings. The Kier molecular flexibility index (Phi) is 5.34. The van der Waals surface area contributed by atoms with Crippen LogP contribution in [0.4, 0.5) is 4.39 Å². The average molecular weight is 307 g/mol. The van der Waals surface area contributed by atoms with Gasteiger partial charge in [-0.25, -0.2) is 4.39 Å². The van der Waals surface area contributed by atoms with Gasteiger partial charge in [0.2, 0.25) is 0 Å². The van der Waals surface area contributed by atoms with Crippen LogP contribution in [0.15, 0.2) is 24.3 Å². The Hall–Kier alpha value is -1.42. The Morgan fingerprint density at radius 1 is 1.33 bits per heavy atom. The van der Waals surface area contributed by atoms with E-state index in [4.69, 9.17) is 0 Å². The van der Waals surface area contributed by atoms with Crippen molar-refractivity contribution in [2.45, 2.75) is 46.1 Å². The highest BCUT2D eigenvalue weighted by Crippen LogP contribution is 2.29. The van der Waals surface area contributed by atoms with Gasteiger partial charge >= 0.3 is 0 Å². The lowest BCUT2D eigenvalue weighted by atomic mass is 10.2. The smallest absolute Gasteiger partial charge is 0.264 e. The largest absolute Gasteiger partial charge is 0.336 e. The lowest BCUT2D eigenvalue weighted by molar-refractivity contribution is 0.0707. The average Bonchev–Trinajstić information content (AvgIpc) is 2.88. The van der Waals surface area contributed by atoms with Gasteiger partial charge in [0.25, 0.3) is 5.91 Å². The normalized spacial score (nSPS) is 11.3. The molecule has 1 aromatic carbocycles. The molecular formula is C17H22FNOS. The molecule has 1 amide bonds. The number of amides is 1. The zero-order chi connectivity index (χ0) is 15.4. The maximum absolute atomic E-state index is 13.8. The van der Waals surface area contributed by atoms with E-state index in [2.05, 4.69) is 6.92 Å². The number of halogens is 1. The van der Waals surface area contributed by atoms with E-state index >= 15 is 0 Å². The van der Waals surface area contributed by atoms with Gasteiger partial charge in [0.15, 0.2) is 0 Å². The van der Waals surface area contributed by atoms with E-state index in [-0.39, 0.29) is 17.8 Å². The van der Waals surface area contributed by atoms with Crippen molar-refractivity contribution in [3.63, 3.8) is 0 Å². The third-order valence-electron chi connectivity index (χ3n) is 3.61. The van der Waals surface area contributed by atoms with Crippen LogP contribution in [0.2, 0.25) is 0 Å². The van der Waals surface area contributed by atoms with E-state index in [9.17, 15) is 9.18 Å². The third-order valence-corrected chi connectivity index (χ3v) is 4.69. The summed E-state index contributed by atoms with van der Waals surface area (Å²) >= 11 is 1.37. The molecule has 0 N–H and O–H groups in total. The number of fused-ring (bicyclic) bond motifs is 1. The molecule has 0 saturated heterocycles. The number of thiophene rings is 1. The first-order chi connectivity index (χ1) is 10.0. The predicted octanol–water partition coefficient (Wildman–Crippen LogP) is 5.08. The van der Waals surface area contributed by atoms with Gasteiger partial charge in [-0.2, -0.15) is 0 Å². The fourth-order valence-corrected chi connectivity index (χ4v) is 3.43. The quantitative estimate of drug-likeness (QED) is 0.681. The van der Waals surface area contributed by atoms with Crippen molar-refractivity contribution < 1.29 is 9.18 Å². The number of rotatable bonds is 6. The van der Waals surface area contributed by atoms with E-state index in [0.29, 0.717) is 10.3 Å². The minimum absolute atomic E-state index is 0.0155. The van der Waals surface area contributed by atoms with E-state index in [0.717, 1.165) is 30.5 Å².